The molecule has 6 heteroatoms. The summed E-state index contributed by atoms with van der Waals surface area (Å²) >= 11 is 1.47. The number of amides is 2. The number of thiophene rings is 1. The molecule has 0 bridgehead atoms. The summed E-state index contributed by atoms with van der Waals surface area (Å²) < 4.78 is 0. The summed E-state index contributed by atoms with van der Waals surface area (Å²) in [6.07, 6.45) is 2.84. The first-order valence-electron chi connectivity index (χ1n) is 9.86. The molecule has 1 aliphatic carbocycles. The van der Waals surface area contributed by atoms with Gasteiger partial charge in [-0.3, -0.25) is 9.59 Å². The van der Waals surface area contributed by atoms with Crippen molar-refractivity contribution in [3.63, 3.8) is 0 Å². The van der Waals surface area contributed by atoms with E-state index in [0.717, 1.165) is 41.1 Å². The lowest BCUT2D eigenvalue weighted by Crippen LogP contribution is -2.37. The number of nitrogens with one attached hydrogen (secondary N) is 1. The predicted octanol–water partition coefficient (Wildman–Crippen LogP) is 4.60. The van der Waals surface area contributed by atoms with Gasteiger partial charge in [0.25, 0.3) is 5.91 Å². The second kappa shape index (κ2) is 8.78. The van der Waals surface area contributed by atoms with E-state index in [9.17, 15) is 9.59 Å². The van der Waals surface area contributed by atoms with Gasteiger partial charge in [-0.1, -0.05) is 13.0 Å². The Morgan fingerprint density at radius 1 is 1.25 bits per heavy atom. The molecule has 0 saturated heterocycles. The first-order valence-corrected chi connectivity index (χ1v) is 10.7. The van der Waals surface area contributed by atoms with Crippen LogP contribution in [0.4, 0.5) is 11.4 Å². The number of benzene rings is 1. The molecular weight excluding hydrogens is 370 g/mol. The maximum absolute atomic E-state index is 13.1. The summed E-state index contributed by atoms with van der Waals surface area (Å²) in [7, 11) is 3.99. The van der Waals surface area contributed by atoms with E-state index in [-0.39, 0.29) is 23.8 Å². The highest BCUT2D eigenvalue weighted by Gasteiger charge is 2.30. The third-order valence-corrected chi connectivity index (χ3v) is 6.09. The van der Waals surface area contributed by atoms with Crippen LogP contribution < -0.4 is 10.2 Å². The molecule has 2 aromatic rings. The van der Waals surface area contributed by atoms with E-state index in [0.29, 0.717) is 6.54 Å². The Bertz CT molecular complexity index is 828. The molecule has 2 amide bonds. The Labute approximate surface area is 171 Å². The van der Waals surface area contributed by atoms with Gasteiger partial charge in [-0.2, -0.15) is 0 Å². The van der Waals surface area contributed by atoms with Gasteiger partial charge >= 0.3 is 0 Å². The summed E-state index contributed by atoms with van der Waals surface area (Å²) in [5.74, 6) is 0.312. The molecule has 150 valence electrons. The van der Waals surface area contributed by atoms with Gasteiger partial charge in [-0.15, -0.1) is 11.3 Å². The maximum Gasteiger partial charge on any atom is 0.264 e. The molecule has 5 nitrogen and oxygen atoms in total. The lowest BCUT2D eigenvalue weighted by atomic mass is 10.1. The van der Waals surface area contributed by atoms with Gasteiger partial charge in [0, 0.05) is 44.0 Å². The Balaban J connectivity index is 1.89. The van der Waals surface area contributed by atoms with Gasteiger partial charge in [0.2, 0.25) is 5.91 Å². The zero-order valence-electron chi connectivity index (χ0n) is 17.1. The highest BCUT2D eigenvalue weighted by molar-refractivity contribution is 7.12. The van der Waals surface area contributed by atoms with Crippen LogP contribution >= 0.6 is 11.3 Å². The van der Waals surface area contributed by atoms with Gasteiger partial charge in [0.15, 0.2) is 0 Å². The smallest absolute Gasteiger partial charge is 0.264 e. The lowest BCUT2D eigenvalue weighted by Gasteiger charge is -2.30. The van der Waals surface area contributed by atoms with E-state index < -0.39 is 0 Å². The minimum absolute atomic E-state index is 0.0569. The molecule has 28 heavy (non-hydrogen) atoms. The van der Waals surface area contributed by atoms with Crippen molar-refractivity contribution in [2.45, 2.75) is 45.7 Å². The zero-order chi connectivity index (χ0) is 20.3. The normalized spacial score (nSPS) is 14.4. The SMILES string of the molecule is CC[C@@H](C)N(Cc1cc(NC(=O)C2CC2)ccc1N(C)C)C(=O)c1cccs1. The third kappa shape index (κ3) is 4.73. The molecular formula is C22H29N3O2S. The predicted molar refractivity (Wildman–Crippen MR) is 116 cm³/mol. The van der Waals surface area contributed by atoms with Crippen molar-refractivity contribution in [3.8, 4) is 0 Å². The minimum atomic E-state index is 0.0569. The monoisotopic (exact) mass is 399 g/mol. The fraction of sp³-hybridized carbons (Fsp3) is 0.455. The first kappa shape index (κ1) is 20.4. The van der Waals surface area contributed by atoms with Crippen LogP contribution in [0, 0.1) is 5.92 Å². The zero-order valence-corrected chi connectivity index (χ0v) is 17.9. The molecule has 1 heterocycles. The molecule has 1 saturated carbocycles. The highest BCUT2D eigenvalue weighted by Crippen LogP contribution is 2.31. The molecule has 3 rings (SSSR count). The summed E-state index contributed by atoms with van der Waals surface area (Å²) in [6, 6.07) is 9.87. The lowest BCUT2D eigenvalue weighted by molar-refractivity contribution is -0.117. The molecule has 0 radical (unpaired) electrons. The average Bonchev–Trinajstić information content (AvgIpc) is 3.39. The number of carbonyl (C=O) groups is 2. The first-order chi connectivity index (χ1) is 13.4. The van der Waals surface area contributed by atoms with Gasteiger partial charge in [0.05, 0.1) is 4.88 Å². The van der Waals surface area contributed by atoms with Crippen molar-refractivity contribution in [2.75, 3.05) is 24.3 Å². The van der Waals surface area contributed by atoms with E-state index in [4.69, 9.17) is 0 Å². The average molecular weight is 400 g/mol. The van der Waals surface area contributed by atoms with E-state index in [1.807, 2.05) is 59.6 Å². The molecule has 1 atom stereocenters. The molecule has 0 aliphatic heterocycles. The van der Waals surface area contributed by atoms with Gasteiger partial charge in [-0.05, 0) is 61.4 Å². The fourth-order valence-corrected chi connectivity index (χ4v) is 3.87. The quantitative estimate of drug-likeness (QED) is 0.706. The Morgan fingerprint density at radius 3 is 2.57 bits per heavy atom. The van der Waals surface area contributed by atoms with Crippen LogP contribution in [0.25, 0.3) is 0 Å². The summed E-state index contributed by atoms with van der Waals surface area (Å²) in [5, 5.41) is 4.96. The number of nitrogens with zero attached hydrogens (tertiary/aromatic N) is 2. The Hall–Kier alpha value is -2.34. The van der Waals surface area contributed by atoms with E-state index in [1.165, 1.54) is 11.3 Å². The second-order valence-electron chi connectivity index (χ2n) is 7.67. The maximum atomic E-state index is 13.1. The number of carbonyl (C=O) groups excluding carboxylic acids is 2. The molecule has 1 aromatic carbocycles. The van der Waals surface area contributed by atoms with Crippen molar-refractivity contribution < 1.29 is 9.59 Å². The van der Waals surface area contributed by atoms with Gasteiger partial charge in [-0.25, -0.2) is 0 Å². The van der Waals surface area contributed by atoms with Crippen LogP contribution in [-0.2, 0) is 11.3 Å². The van der Waals surface area contributed by atoms with Crippen molar-refractivity contribution in [1.29, 1.82) is 0 Å². The topological polar surface area (TPSA) is 52.7 Å². The summed E-state index contributed by atoms with van der Waals surface area (Å²) in [4.78, 5) is 30.0. The molecule has 1 aromatic heterocycles. The van der Waals surface area contributed by atoms with Gasteiger partial charge in [0.1, 0.15) is 0 Å². The van der Waals surface area contributed by atoms with Crippen molar-refractivity contribution in [2.24, 2.45) is 5.92 Å². The standard InChI is InChI=1S/C22H29N3O2S/c1-5-15(2)25(22(27)20-7-6-12-28-20)14-17-13-18(10-11-19(17)24(3)4)23-21(26)16-8-9-16/h6-7,10-13,15-16H,5,8-9,14H2,1-4H3,(H,23,26)/t15-/m1/s1. The summed E-state index contributed by atoms with van der Waals surface area (Å²) in [5.41, 5.74) is 2.88. The van der Waals surface area contributed by atoms with Crippen LogP contribution in [0.2, 0.25) is 0 Å². The molecule has 0 unspecified atom stereocenters. The second-order valence-corrected chi connectivity index (χ2v) is 8.62. The molecule has 1 fully saturated rings. The van der Waals surface area contributed by atoms with Crippen LogP contribution in [-0.4, -0.2) is 36.9 Å². The largest absolute Gasteiger partial charge is 0.377 e. The Morgan fingerprint density at radius 2 is 2.00 bits per heavy atom. The Kier molecular flexibility index (Phi) is 6.39. The van der Waals surface area contributed by atoms with Crippen LogP contribution in [0.15, 0.2) is 35.7 Å². The van der Waals surface area contributed by atoms with E-state index in [2.05, 4.69) is 19.2 Å². The van der Waals surface area contributed by atoms with Crippen molar-refractivity contribution >= 4 is 34.5 Å². The van der Waals surface area contributed by atoms with E-state index in [1.54, 1.807) is 0 Å². The van der Waals surface area contributed by atoms with Crippen molar-refractivity contribution in [1.82, 2.24) is 4.90 Å². The number of rotatable bonds is 8. The summed E-state index contributed by atoms with van der Waals surface area (Å²) in [6.45, 7) is 4.68. The number of hydrogen-bond acceptors (Lipinski definition) is 4. The fourth-order valence-electron chi connectivity index (χ4n) is 3.19. The van der Waals surface area contributed by atoms with Gasteiger partial charge < -0.3 is 15.1 Å². The van der Waals surface area contributed by atoms with Crippen LogP contribution in [0.1, 0.15) is 48.3 Å². The van der Waals surface area contributed by atoms with Crippen LogP contribution in [0.5, 0.6) is 0 Å². The minimum Gasteiger partial charge on any atom is -0.377 e. The third-order valence-electron chi connectivity index (χ3n) is 5.23. The molecule has 1 N–H and O–H groups in total. The number of anilines is 2. The highest BCUT2D eigenvalue weighted by atomic mass is 32.1. The van der Waals surface area contributed by atoms with Crippen molar-refractivity contribution in [3.05, 3.63) is 46.2 Å². The molecule has 0 spiro atoms. The number of hydrogen-bond donors (Lipinski definition) is 1. The van der Waals surface area contributed by atoms with Crippen LogP contribution in [0.3, 0.4) is 0 Å². The molecule has 1 aliphatic rings. The van der Waals surface area contributed by atoms with E-state index >= 15 is 0 Å².